The fraction of sp³-hybridized carbons (Fsp3) is 0.619. The molecule has 0 unspecified atom stereocenters. The van der Waals surface area contributed by atoms with E-state index in [0.29, 0.717) is 43.3 Å². The summed E-state index contributed by atoms with van der Waals surface area (Å²) in [7, 11) is -3.80. The maximum Gasteiger partial charge on any atom is 0.286 e. The molecular weight excluding hydrogens is 404 g/mol. The molecule has 3 aliphatic rings. The Bertz CT molecular complexity index is 952. The number of carbonyl (C=O) groups is 1. The Labute approximate surface area is 178 Å². The minimum atomic E-state index is -3.80. The molecule has 0 bridgehead atoms. The van der Waals surface area contributed by atoms with E-state index in [1.165, 1.54) is 6.07 Å². The van der Waals surface area contributed by atoms with Gasteiger partial charge in [0.15, 0.2) is 0 Å². The van der Waals surface area contributed by atoms with Crippen LogP contribution >= 0.6 is 0 Å². The number of rotatable bonds is 4. The number of nitrogens with zero attached hydrogens (tertiary/aromatic N) is 3. The highest BCUT2D eigenvalue weighted by molar-refractivity contribution is 7.90. The van der Waals surface area contributed by atoms with E-state index in [9.17, 15) is 13.2 Å². The number of fused-ring (bicyclic) bond motifs is 3. The van der Waals surface area contributed by atoms with Gasteiger partial charge >= 0.3 is 0 Å². The first-order valence-electron chi connectivity index (χ1n) is 10.6. The van der Waals surface area contributed by atoms with E-state index < -0.39 is 10.0 Å². The SMILES string of the molecule is CC(C)(CNC(=O)c1ccc2c(c1)S(=O)(=O)N=C1CCCCCN12)N1CCOCC1. The fourth-order valence-corrected chi connectivity index (χ4v) is 5.58. The standard InChI is InChI=1S/C21H30N4O4S/c1-21(2,24-10-12-29-13-11-24)15-22-20(26)16-7-8-17-18(14-16)30(27,28)23-19-6-4-3-5-9-25(17)19/h7-8,14H,3-6,9-13,15H2,1-2H3,(H,22,26). The summed E-state index contributed by atoms with van der Waals surface area (Å²) >= 11 is 0. The minimum absolute atomic E-state index is 0.119. The van der Waals surface area contributed by atoms with Crippen LogP contribution < -0.4 is 10.2 Å². The zero-order valence-electron chi connectivity index (χ0n) is 17.7. The Morgan fingerprint density at radius 1 is 1.17 bits per heavy atom. The van der Waals surface area contributed by atoms with Crippen LogP contribution in [-0.2, 0) is 14.8 Å². The van der Waals surface area contributed by atoms with E-state index in [4.69, 9.17) is 4.74 Å². The lowest BCUT2D eigenvalue weighted by molar-refractivity contribution is -0.00923. The number of benzene rings is 1. The molecule has 2 saturated heterocycles. The summed E-state index contributed by atoms with van der Waals surface area (Å²) in [6, 6.07) is 4.92. The molecule has 0 spiro atoms. The minimum Gasteiger partial charge on any atom is -0.379 e. The summed E-state index contributed by atoms with van der Waals surface area (Å²) in [5.74, 6) is 0.337. The van der Waals surface area contributed by atoms with Crippen LogP contribution in [-0.4, -0.2) is 70.0 Å². The van der Waals surface area contributed by atoms with Crippen LogP contribution in [0.15, 0.2) is 27.5 Å². The van der Waals surface area contributed by atoms with Crippen LogP contribution in [0.3, 0.4) is 0 Å². The maximum atomic E-state index is 12.8. The molecule has 3 aliphatic heterocycles. The van der Waals surface area contributed by atoms with Crippen molar-refractivity contribution in [2.24, 2.45) is 4.40 Å². The molecule has 0 aliphatic carbocycles. The average molecular weight is 435 g/mol. The summed E-state index contributed by atoms with van der Waals surface area (Å²) in [5, 5.41) is 2.97. The van der Waals surface area contributed by atoms with Gasteiger partial charge < -0.3 is 15.0 Å². The summed E-state index contributed by atoms with van der Waals surface area (Å²) in [6.45, 7) is 8.44. The van der Waals surface area contributed by atoms with Crippen molar-refractivity contribution in [3.8, 4) is 0 Å². The van der Waals surface area contributed by atoms with E-state index >= 15 is 0 Å². The predicted octanol–water partition coefficient (Wildman–Crippen LogP) is 2.01. The smallest absolute Gasteiger partial charge is 0.286 e. The Morgan fingerprint density at radius 3 is 2.70 bits per heavy atom. The second-order valence-electron chi connectivity index (χ2n) is 8.72. The van der Waals surface area contributed by atoms with Gasteiger partial charge in [-0.3, -0.25) is 9.69 Å². The molecule has 3 heterocycles. The van der Waals surface area contributed by atoms with Gasteiger partial charge in [0.25, 0.3) is 15.9 Å². The van der Waals surface area contributed by atoms with Crippen molar-refractivity contribution in [3.05, 3.63) is 23.8 Å². The monoisotopic (exact) mass is 434 g/mol. The lowest BCUT2D eigenvalue weighted by Gasteiger charge is -2.40. The Hall–Kier alpha value is -1.97. The van der Waals surface area contributed by atoms with Crippen molar-refractivity contribution in [2.45, 2.75) is 50.0 Å². The normalized spacial score (nSPS) is 21.8. The number of nitrogens with one attached hydrogen (secondary N) is 1. The molecule has 9 heteroatoms. The van der Waals surface area contributed by atoms with Gasteiger partial charge in [-0.25, -0.2) is 0 Å². The molecule has 1 aromatic carbocycles. The summed E-state index contributed by atoms with van der Waals surface area (Å²) in [4.78, 5) is 17.2. The number of hydrogen-bond acceptors (Lipinski definition) is 6. The van der Waals surface area contributed by atoms with Crippen LogP contribution in [0.5, 0.6) is 0 Å². The Balaban J connectivity index is 1.52. The fourth-order valence-electron chi connectivity index (χ4n) is 4.30. The summed E-state index contributed by atoms with van der Waals surface area (Å²) in [5.41, 5.74) is 0.751. The van der Waals surface area contributed by atoms with E-state index in [1.807, 2.05) is 4.90 Å². The number of sulfonamides is 1. The van der Waals surface area contributed by atoms with Crippen molar-refractivity contribution in [1.29, 1.82) is 0 Å². The van der Waals surface area contributed by atoms with Gasteiger partial charge in [-0.1, -0.05) is 6.42 Å². The van der Waals surface area contributed by atoms with Gasteiger partial charge in [0.2, 0.25) is 0 Å². The molecular formula is C21H30N4O4S. The van der Waals surface area contributed by atoms with Gasteiger partial charge in [0.05, 0.1) is 18.9 Å². The Kier molecular flexibility index (Phi) is 5.87. The average Bonchev–Trinajstić information content (AvgIpc) is 2.97. The first-order chi connectivity index (χ1) is 14.3. The molecule has 4 rings (SSSR count). The molecule has 164 valence electrons. The van der Waals surface area contributed by atoms with E-state index in [2.05, 4.69) is 28.5 Å². The molecule has 0 atom stereocenters. The molecule has 8 nitrogen and oxygen atoms in total. The van der Waals surface area contributed by atoms with Gasteiger partial charge in [-0.15, -0.1) is 4.40 Å². The van der Waals surface area contributed by atoms with E-state index in [1.54, 1.807) is 12.1 Å². The molecule has 0 saturated carbocycles. The highest BCUT2D eigenvalue weighted by Gasteiger charge is 2.33. The summed E-state index contributed by atoms with van der Waals surface area (Å²) in [6.07, 6.45) is 3.67. The number of morpholine rings is 1. The zero-order chi connectivity index (χ0) is 21.4. The largest absolute Gasteiger partial charge is 0.379 e. The quantitative estimate of drug-likeness (QED) is 0.780. The summed E-state index contributed by atoms with van der Waals surface area (Å²) < 4.78 is 35.0. The molecule has 0 radical (unpaired) electrons. The lowest BCUT2D eigenvalue weighted by atomic mass is 10.0. The zero-order valence-corrected chi connectivity index (χ0v) is 18.5. The third-order valence-corrected chi connectivity index (χ3v) is 7.49. The van der Waals surface area contributed by atoms with Gasteiger partial charge in [-0.2, -0.15) is 8.42 Å². The second kappa shape index (κ2) is 8.28. The van der Waals surface area contributed by atoms with Crippen molar-refractivity contribution in [1.82, 2.24) is 10.2 Å². The van der Waals surface area contributed by atoms with Gasteiger partial charge in [0, 0.05) is 43.7 Å². The van der Waals surface area contributed by atoms with Gasteiger partial charge in [0.1, 0.15) is 10.7 Å². The van der Waals surface area contributed by atoms with Crippen LogP contribution in [0.2, 0.25) is 0 Å². The number of carbonyl (C=O) groups excluding carboxylic acids is 1. The number of anilines is 1. The highest BCUT2D eigenvalue weighted by Crippen LogP contribution is 2.35. The molecule has 1 aromatic rings. The van der Waals surface area contributed by atoms with Crippen LogP contribution in [0, 0.1) is 0 Å². The topological polar surface area (TPSA) is 91.3 Å². The third kappa shape index (κ3) is 4.24. The van der Waals surface area contributed by atoms with Crippen molar-refractivity contribution in [2.75, 3.05) is 44.3 Å². The number of amidine groups is 1. The number of hydrogen-bond donors (Lipinski definition) is 1. The van der Waals surface area contributed by atoms with E-state index in [0.717, 1.165) is 38.9 Å². The third-order valence-electron chi connectivity index (χ3n) is 6.16. The van der Waals surface area contributed by atoms with Crippen LogP contribution in [0.1, 0.15) is 49.9 Å². The van der Waals surface area contributed by atoms with Crippen molar-refractivity contribution < 1.29 is 17.9 Å². The molecule has 1 amide bonds. The van der Waals surface area contributed by atoms with E-state index in [-0.39, 0.29) is 16.3 Å². The molecule has 2 fully saturated rings. The van der Waals surface area contributed by atoms with Crippen molar-refractivity contribution in [3.63, 3.8) is 0 Å². The van der Waals surface area contributed by atoms with Crippen LogP contribution in [0.25, 0.3) is 0 Å². The second-order valence-corrected chi connectivity index (χ2v) is 10.3. The van der Waals surface area contributed by atoms with Crippen LogP contribution in [0.4, 0.5) is 5.69 Å². The Morgan fingerprint density at radius 2 is 1.93 bits per heavy atom. The molecule has 1 N–H and O–H groups in total. The van der Waals surface area contributed by atoms with Crippen molar-refractivity contribution >= 4 is 27.5 Å². The lowest BCUT2D eigenvalue weighted by Crippen LogP contribution is -2.55. The molecule has 0 aromatic heterocycles. The number of ether oxygens (including phenoxy) is 1. The first-order valence-corrected chi connectivity index (χ1v) is 12.1. The van der Waals surface area contributed by atoms with Gasteiger partial charge in [-0.05, 0) is 44.9 Å². The first kappa shape index (κ1) is 21.3. The predicted molar refractivity (Wildman–Crippen MR) is 116 cm³/mol. The maximum absolute atomic E-state index is 12.8. The number of amides is 1. The highest BCUT2D eigenvalue weighted by atomic mass is 32.2. The molecule has 30 heavy (non-hydrogen) atoms.